The van der Waals surface area contributed by atoms with Crippen LogP contribution in [0.3, 0.4) is 0 Å². The Labute approximate surface area is 103 Å². The Morgan fingerprint density at radius 2 is 2.06 bits per heavy atom. The third-order valence-corrected chi connectivity index (χ3v) is 3.87. The molecule has 2 N–H and O–H groups in total. The molecule has 2 unspecified atom stereocenters. The molecule has 1 amide bonds. The fraction of sp³-hybridized carbons (Fsp3) is 0.923. The second kappa shape index (κ2) is 6.36. The van der Waals surface area contributed by atoms with E-state index in [0.29, 0.717) is 12.6 Å². The molecule has 2 rings (SSSR count). The summed E-state index contributed by atoms with van der Waals surface area (Å²) in [7, 11) is 0. The summed E-state index contributed by atoms with van der Waals surface area (Å²) in [6.45, 7) is 2.30. The maximum absolute atomic E-state index is 12.4. The summed E-state index contributed by atoms with van der Waals surface area (Å²) in [6.07, 6.45) is 7.31. The SMILES string of the molecule is NCCC1CCCCN1C(=O)C1CCCCO1. The summed E-state index contributed by atoms with van der Waals surface area (Å²) in [5.74, 6) is 0.211. The lowest BCUT2D eigenvalue weighted by Gasteiger charge is -2.38. The number of hydrogen-bond acceptors (Lipinski definition) is 3. The Hall–Kier alpha value is -0.610. The topological polar surface area (TPSA) is 55.6 Å². The Morgan fingerprint density at radius 1 is 1.24 bits per heavy atom. The first kappa shape index (κ1) is 12.8. The van der Waals surface area contributed by atoms with Gasteiger partial charge in [0.05, 0.1) is 0 Å². The van der Waals surface area contributed by atoms with Crippen LogP contribution in [-0.2, 0) is 9.53 Å². The predicted molar refractivity (Wildman–Crippen MR) is 66.6 cm³/mol. The van der Waals surface area contributed by atoms with Gasteiger partial charge in [0, 0.05) is 19.2 Å². The van der Waals surface area contributed by atoms with E-state index in [9.17, 15) is 4.79 Å². The van der Waals surface area contributed by atoms with Crippen LogP contribution in [0.4, 0.5) is 0 Å². The molecule has 2 heterocycles. The molecule has 2 fully saturated rings. The quantitative estimate of drug-likeness (QED) is 0.808. The van der Waals surface area contributed by atoms with Crippen molar-refractivity contribution in [3.8, 4) is 0 Å². The molecular formula is C13H24N2O2. The summed E-state index contributed by atoms with van der Waals surface area (Å²) in [5, 5.41) is 0. The molecular weight excluding hydrogens is 216 g/mol. The lowest BCUT2D eigenvalue weighted by molar-refractivity contribution is -0.150. The maximum atomic E-state index is 12.4. The summed E-state index contributed by atoms with van der Waals surface area (Å²) >= 11 is 0. The van der Waals surface area contributed by atoms with Crippen molar-refractivity contribution < 1.29 is 9.53 Å². The van der Waals surface area contributed by atoms with Crippen LogP contribution in [0.5, 0.6) is 0 Å². The monoisotopic (exact) mass is 240 g/mol. The van der Waals surface area contributed by atoms with Gasteiger partial charge in [0.2, 0.25) is 0 Å². The zero-order valence-corrected chi connectivity index (χ0v) is 10.6. The molecule has 0 radical (unpaired) electrons. The van der Waals surface area contributed by atoms with Crippen molar-refractivity contribution >= 4 is 5.91 Å². The minimum absolute atomic E-state index is 0.179. The molecule has 0 aliphatic carbocycles. The molecule has 2 aliphatic heterocycles. The highest BCUT2D eigenvalue weighted by Gasteiger charge is 2.32. The van der Waals surface area contributed by atoms with E-state index in [2.05, 4.69) is 0 Å². The standard InChI is InChI=1S/C13H24N2O2/c14-8-7-11-5-1-3-9-15(11)13(16)12-6-2-4-10-17-12/h11-12H,1-10,14H2. The number of amides is 1. The lowest BCUT2D eigenvalue weighted by Crippen LogP contribution is -2.50. The highest BCUT2D eigenvalue weighted by molar-refractivity contribution is 5.81. The zero-order valence-electron chi connectivity index (χ0n) is 10.6. The molecule has 17 heavy (non-hydrogen) atoms. The van der Waals surface area contributed by atoms with Gasteiger partial charge in [-0.3, -0.25) is 4.79 Å². The first-order chi connectivity index (χ1) is 8.33. The maximum Gasteiger partial charge on any atom is 0.251 e. The van der Waals surface area contributed by atoms with Crippen LogP contribution >= 0.6 is 0 Å². The van der Waals surface area contributed by atoms with E-state index in [4.69, 9.17) is 10.5 Å². The van der Waals surface area contributed by atoms with E-state index in [0.717, 1.165) is 51.7 Å². The Bertz CT molecular complexity index is 250. The number of hydrogen-bond donors (Lipinski definition) is 1. The molecule has 4 heteroatoms. The van der Waals surface area contributed by atoms with Crippen LogP contribution in [0.1, 0.15) is 44.9 Å². The van der Waals surface area contributed by atoms with Crippen molar-refractivity contribution in [1.82, 2.24) is 4.90 Å². The summed E-state index contributed by atoms with van der Waals surface area (Å²) in [6, 6.07) is 0.353. The Morgan fingerprint density at radius 3 is 2.76 bits per heavy atom. The van der Waals surface area contributed by atoms with Crippen LogP contribution in [-0.4, -0.2) is 42.6 Å². The van der Waals surface area contributed by atoms with Crippen LogP contribution in [0.2, 0.25) is 0 Å². The predicted octanol–water partition coefficient (Wildman–Crippen LogP) is 1.29. The van der Waals surface area contributed by atoms with Gasteiger partial charge in [-0.15, -0.1) is 0 Å². The first-order valence-corrected chi connectivity index (χ1v) is 6.95. The van der Waals surface area contributed by atoms with E-state index < -0.39 is 0 Å². The molecule has 4 nitrogen and oxygen atoms in total. The van der Waals surface area contributed by atoms with E-state index in [1.165, 1.54) is 6.42 Å². The highest BCUT2D eigenvalue weighted by atomic mass is 16.5. The molecule has 0 aromatic rings. The van der Waals surface area contributed by atoms with Gasteiger partial charge >= 0.3 is 0 Å². The fourth-order valence-corrected chi connectivity index (χ4v) is 2.90. The lowest BCUT2D eigenvalue weighted by atomic mass is 9.97. The van der Waals surface area contributed by atoms with Gasteiger partial charge in [0.1, 0.15) is 6.10 Å². The number of ether oxygens (including phenoxy) is 1. The van der Waals surface area contributed by atoms with Crippen LogP contribution in [0, 0.1) is 0 Å². The van der Waals surface area contributed by atoms with Gasteiger partial charge in [-0.2, -0.15) is 0 Å². The number of carbonyl (C=O) groups is 1. The number of piperidine rings is 1. The van der Waals surface area contributed by atoms with Gasteiger partial charge in [0.15, 0.2) is 0 Å². The summed E-state index contributed by atoms with van der Waals surface area (Å²) in [4.78, 5) is 14.4. The minimum Gasteiger partial charge on any atom is -0.368 e. The van der Waals surface area contributed by atoms with Gasteiger partial charge in [-0.05, 0) is 51.5 Å². The van der Waals surface area contributed by atoms with Crippen molar-refractivity contribution in [1.29, 1.82) is 0 Å². The van der Waals surface area contributed by atoms with Crippen molar-refractivity contribution in [2.24, 2.45) is 5.73 Å². The number of nitrogens with zero attached hydrogens (tertiary/aromatic N) is 1. The van der Waals surface area contributed by atoms with E-state index >= 15 is 0 Å². The first-order valence-electron chi connectivity index (χ1n) is 6.95. The van der Waals surface area contributed by atoms with Crippen LogP contribution < -0.4 is 5.73 Å². The third kappa shape index (κ3) is 3.19. The Kier molecular flexibility index (Phi) is 4.80. The molecule has 0 saturated carbocycles. The average Bonchev–Trinajstić information content (AvgIpc) is 2.40. The van der Waals surface area contributed by atoms with Crippen molar-refractivity contribution in [3.63, 3.8) is 0 Å². The van der Waals surface area contributed by atoms with Crippen molar-refractivity contribution in [2.45, 2.75) is 57.1 Å². The van der Waals surface area contributed by atoms with Crippen molar-refractivity contribution in [3.05, 3.63) is 0 Å². The minimum atomic E-state index is -0.179. The number of rotatable bonds is 3. The van der Waals surface area contributed by atoms with Crippen molar-refractivity contribution in [2.75, 3.05) is 19.7 Å². The van der Waals surface area contributed by atoms with E-state index in [1.807, 2.05) is 4.90 Å². The molecule has 2 atom stereocenters. The molecule has 0 aromatic carbocycles. The van der Waals surface area contributed by atoms with Gasteiger partial charge in [-0.1, -0.05) is 0 Å². The van der Waals surface area contributed by atoms with Crippen LogP contribution in [0.15, 0.2) is 0 Å². The Balaban J connectivity index is 1.94. The van der Waals surface area contributed by atoms with Gasteiger partial charge < -0.3 is 15.4 Å². The number of carbonyl (C=O) groups excluding carboxylic acids is 1. The molecule has 0 bridgehead atoms. The molecule has 2 aliphatic rings. The second-order valence-corrected chi connectivity index (χ2v) is 5.11. The summed E-state index contributed by atoms with van der Waals surface area (Å²) < 4.78 is 5.60. The van der Waals surface area contributed by atoms with Gasteiger partial charge in [-0.25, -0.2) is 0 Å². The molecule has 2 saturated heterocycles. The van der Waals surface area contributed by atoms with Crippen LogP contribution in [0.25, 0.3) is 0 Å². The van der Waals surface area contributed by atoms with Gasteiger partial charge in [0.25, 0.3) is 5.91 Å². The highest BCUT2D eigenvalue weighted by Crippen LogP contribution is 2.23. The largest absolute Gasteiger partial charge is 0.368 e. The van der Waals surface area contributed by atoms with E-state index in [-0.39, 0.29) is 12.0 Å². The van der Waals surface area contributed by atoms with E-state index in [1.54, 1.807) is 0 Å². The summed E-state index contributed by atoms with van der Waals surface area (Å²) in [5.41, 5.74) is 5.63. The molecule has 0 spiro atoms. The molecule has 98 valence electrons. The number of nitrogens with two attached hydrogens (primary N) is 1. The number of likely N-dealkylation sites (tertiary alicyclic amines) is 1. The normalized spacial score (nSPS) is 30.3. The third-order valence-electron chi connectivity index (χ3n) is 3.87. The zero-order chi connectivity index (χ0) is 12.1. The smallest absolute Gasteiger partial charge is 0.251 e. The average molecular weight is 240 g/mol. The fourth-order valence-electron chi connectivity index (χ4n) is 2.90. The molecule has 0 aromatic heterocycles. The second-order valence-electron chi connectivity index (χ2n) is 5.11.